The molecule has 1 amide bonds. The fraction of sp³-hybridized carbons (Fsp3) is 0.562. The first kappa shape index (κ1) is 13.4. The van der Waals surface area contributed by atoms with E-state index in [2.05, 4.69) is 5.32 Å². The van der Waals surface area contributed by atoms with Gasteiger partial charge in [-0.3, -0.25) is 4.79 Å². The maximum atomic E-state index is 11.9. The molecule has 0 saturated heterocycles. The number of fused-ring (bicyclic) bond motifs is 1. The second kappa shape index (κ2) is 5.44. The highest BCUT2D eigenvalue weighted by Gasteiger charge is 2.26. The molecule has 2 atom stereocenters. The van der Waals surface area contributed by atoms with Crippen molar-refractivity contribution in [3.05, 3.63) is 29.3 Å². The number of amides is 1. The van der Waals surface area contributed by atoms with E-state index >= 15 is 0 Å². The zero-order valence-corrected chi connectivity index (χ0v) is 11.8. The average Bonchev–Trinajstić information content (AvgIpc) is 3.23. The molecule has 3 rings (SSSR count). The van der Waals surface area contributed by atoms with Crippen molar-refractivity contribution in [3.8, 4) is 5.75 Å². The maximum absolute atomic E-state index is 11.9. The van der Waals surface area contributed by atoms with Crippen LogP contribution in [-0.4, -0.2) is 23.2 Å². The zero-order chi connectivity index (χ0) is 14.1. The van der Waals surface area contributed by atoms with E-state index in [0.29, 0.717) is 11.8 Å². The summed E-state index contributed by atoms with van der Waals surface area (Å²) >= 11 is 0. The standard InChI is InChI=1S/C16H21NO3/c1-10(16(19)17-12-6-7-12)20-13-8-5-11-3-2-4-15(18)14(11)9-13/h5,8-10,12,15,18H,2-4,6-7H2,1H3,(H,17,19)/t10?,15-/m0/s1. The predicted octanol–water partition coefficient (Wildman–Crippen LogP) is 2.10. The fourth-order valence-electron chi connectivity index (χ4n) is 2.63. The Morgan fingerprint density at radius 1 is 1.40 bits per heavy atom. The van der Waals surface area contributed by atoms with Crippen molar-refractivity contribution in [2.24, 2.45) is 0 Å². The van der Waals surface area contributed by atoms with Crippen LogP contribution in [0.4, 0.5) is 0 Å². The third-order valence-electron chi connectivity index (χ3n) is 4.01. The summed E-state index contributed by atoms with van der Waals surface area (Å²) in [5, 5.41) is 13.0. The SMILES string of the molecule is CC(Oc1ccc2c(c1)[C@@H](O)CCC2)C(=O)NC1CC1. The number of hydrogen-bond acceptors (Lipinski definition) is 3. The summed E-state index contributed by atoms with van der Waals surface area (Å²) in [6, 6.07) is 6.11. The Kier molecular flexibility index (Phi) is 3.66. The Hall–Kier alpha value is -1.55. The minimum absolute atomic E-state index is 0.0641. The van der Waals surface area contributed by atoms with Gasteiger partial charge >= 0.3 is 0 Å². The number of aliphatic hydroxyl groups excluding tert-OH is 1. The number of rotatable bonds is 4. The van der Waals surface area contributed by atoms with E-state index in [1.807, 2.05) is 18.2 Å². The lowest BCUT2D eigenvalue weighted by Gasteiger charge is -2.23. The minimum Gasteiger partial charge on any atom is -0.481 e. The van der Waals surface area contributed by atoms with Crippen molar-refractivity contribution in [1.29, 1.82) is 0 Å². The van der Waals surface area contributed by atoms with Gasteiger partial charge in [-0.25, -0.2) is 0 Å². The Morgan fingerprint density at radius 2 is 2.20 bits per heavy atom. The van der Waals surface area contributed by atoms with Crippen molar-refractivity contribution in [2.45, 2.75) is 57.3 Å². The van der Waals surface area contributed by atoms with Gasteiger partial charge in [-0.1, -0.05) is 6.07 Å². The number of aryl methyl sites for hydroxylation is 1. The van der Waals surface area contributed by atoms with Crippen molar-refractivity contribution < 1.29 is 14.6 Å². The van der Waals surface area contributed by atoms with Crippen LogP contribution < -0.4 is 10.1 Å². The molecule has 0 bridgehead atoms. The molecule has 0 radical (unpaired) electrons. The van der Waals surface area contributed by atoms with Gasteiger partial charge in [0.05, 0.1) is 6.10 Å². The molecule has 4 heteroatoms. The van der Waals surface area contributed by atoms with E-state index < -0.39 is 12.2 Å². The molecule has 0 heterocycles. The van der Waals surface area contributed by atoms with E-state index in [1.165, 1.54) is 5.56 Å². The Morgan fingerprint density at radius 3 is 2.95 bits per heavy atom. The molecule has 0 aliphatic heterocycles. The fourth-order valence-corrected chi connectivity index (χ4v) is 2.63. The monoisotopic (exact) mass is 275 g/mol. The number of nitrogens with one attached hydrogen (secondary N) is 1. The highest BCUT2D eigenvalue weighted by Crippen LogP contribution is 2.32. The summed E-state index contributed by atoms with van der Waals surface area (Å²) in [4.78, 5) is 11.9. The van der Waals surface area contributed by atoms with Gasteiger partial charge in [-0.2, -0.15) is 0 Å². The molecule has 1 saturated carbocycles. The zero-order valence-electron chi connectivity index (χ0n) is 11.8. The van der Waals surface area contributed by atoms with Gasteiger partial charge in [0.2, 0.25) is 0 Å². The van der Waals surface area contributed by atoms with Crippen LogP contribution in [0.2, 0.25) is 0 Å². The molecule has 2 aliphatic carbocycles. The van der Waals surface area contributed by atoms with Crippen LogP contribution in [0.25, 0.3) is 0 Å². The topological polar surface area (TPSA) is 58.6 Å². The maximum Gasteiger partial charge on any atom is 0.260 e. The molecule has 4 nitrogen and oxygen atoms in total. The van der Waals surface area contributed by atoms with Gasteiger partial charge in [0, 0.05) is 6.04 Å². The molecular formula is C16H21NO3. The van der Waals surface area contributed by atoms with Crippen LogP contribution in [0.3, 0.4) is 0 Å². The van der Waals surface area contributed by atoms with E-state index in [-0.39, 0.29) is 5.91 Å². The number of carbonyl (C=O) groups is 1. The normalized spacial score (nSPS) is 22.8. The Labute approximate surface area is 119 Å². The first-order chi connectivity index (χ1) is 9.63. The highest BCUT2D eigenvalue weighted by molar-refractivity contribution is 5.81. The molecule has 2 N–H and O–H groups in total. The number of hydrogen-bond donors (Lipinski definition) is 2. The summed E-state index contributed by atoms with van der Waals surface area (Å²) in [7, 11) is 0. The number of carbonyl (C=O) groups excluding carboxylic acids is 1. The van der Waals surface area contributed by atoms with E-state index in [9.17, 15) is 9.90 Å². The molecule has 108 valence electrons. The van der Waals surface area contributed by atoms with Gasteiger partial charge in [0.15, 0.2) is 6.10 Å². The molecule has 0 aromatic heterocycles. The highest BCUT2D eigenvalue weighted by atomic mass is 16.5. The summed E-state index contributed by atoms with van der Waals surface area (Å²) in [5.74, 6) is 0.592. The summed E-state index contributed by atoms with van der Waals surface area (Å²) < 4.78 is 5.70. The summed E-state index contributed by atoms with van der Waals surface area (Å²) in [5.41, 5.74) is 2.13. The van der Waals surface area contributed by atoms with Crippen LogP contribution >= 0.6 is 0 Å². The molecule has 1 aromatic carbocycles. The first-order valence-corrected chi connectivity index (χ1v) is 7.41. The van der Waals surface area contributed by atoms with Crippen molar-refractivity contribution in [2.75, 3.05) is 0 Å². The van der Waals surface area contributed by atoms with Gasteiger partial charge in [-0.15, -0.1) is 0 Å². The molecule has 20 heavy (non-hydrogen) atoms. The summed E-state index contributed by atoms with van der Waals surface area (Å²) in [6.45, 7) is 1.76. The third kappa shape index (κ3) is 2.96. The van der Waals surface area contributed by atoms with Gasteiger partial charge in [-0.05, 0) is 62.3 Å². The minimum atomic E-state index is -0.505. The molecule has 2 aliphatic rings. The summed E-state index contributed by atoms with van der Waals surface area (Å²) in [6.07, 6.45) is 4.06. The lowest BCUT2D eigenvalue weighted by atomic mass is 9.89. The average molecular weight is 275 g/mol. The van der Waals surface area contributed by atoms with Crippen LogP contribution in [0, 0.1) is 0 Å². The van der Waals surface area contributed by atoms with Crippen LogP contribution in [-0.2, 0) is 11.2 Å². The molecule has 1 fully saturated rings. The second-order valence-corrected chi connectivity index (χ2v) is 5.81. The quantitative estimate of drug-likeness (QED) is 0.884. The van der Waals surface area contributed by atoms with Gasteiger partial charge < -0.3 is 15.2 Å². The first-order valence-electron chi connectivity index (χ1n) is 7.41. The van der Waals surface area contributed by atoms with E-state index in [4.69, 9.17) is 4.74 Å². The predicted molar refractivity (Wildman–Crippen MR) is 75.6 cm³/mol. The molecule has 1 aromatic rings. The van der Waals surface area contributed by atoms with Crippen LogP contribution in [0.15, 0.2) is 18.2 Å². The largest absolute Gasteiger partial charge is 0.481 e. The van der Waals surface area contributed by atoms with Crippen LogP contribution in [0.5, 0.6) is 5.75 Å². The van der Waals surface area contributed by atoms with Crippen LogP contribution in [0.1, 0.15) is 49.8 Å². The lowest BCUT2D eigenvalue weighted by Crippen LogP contribution is -2.37. The van der Waals surface area contributed by atoms with Crippen molar-refractivity contribution in [3.63, 3.8) is 0 Å². The molecule has 0 spiro atoms. The van der Waals surface area contributed by atoms with Gasteiger partial charge in [0.25, 0.3) is 5.91 Å². The Balaban J connectivity index is 1.67. The second-order valence-electron chi connectivity index (χ2n) is 5.81. The molecular weight excluding hydrogens is 254 g/mol. The Bertz CT molecular complexity index is 510. The van der Waals surface area contributed by atoms with Crippen molar-refractivity contribution in [1.82, 2.24) is 5.32 Å². The number of benzene rings is 1. The lowest BCUT2D eigenvalue weighted by molar-refractivity contribution is -0.127. The van der Waals surface area contributed by atoms with E-state index in [0.717, 1.165) is 37.7 Å². The molecule has 1 unspecified atom stereocenters. The van der Waals surface area contributed by atoms with E-state index in [1.54, 1.807) is 6.92 Å². The number of aliphatic hydroxyl groups is 1. The third-order valence-corrected chi connectivity index (χ3v) is 4.01. The number of ether oxygens (including phenoxy) is 1. The van der Waals surface area contributed by atoms with Gasteiger partial charge in [0.1, 0.15) is 5.75 Å². The smallest absolute Gasteiger partial charge is 0.260 e. The van der Waals surface area contributed by atoms with Crippen molar-refractivity contribution >= 4 is 5.91 Å².